The second-order valence-electron chi connectivity index (χ2n) is 6.96. The molecule has 7 heteroatoms. The van der Waals surface area contributed by atoms with E-state index in [0.717, 1.165) is 24.3 Å². The molecular formula is C22H27ClN4O2. The number of nitrogens with one attached hydrogen (secondary N) is 2. The highest BCUT2D eigenvalue weighted by Gasteiger charge is 2.26. The number of amides is 2. The molecule has 0 spiro atoms. The van der Waals surface area contributed by atoms with E-state index in [2.05, 4.69) is 15.5 Å². The standard InChI is InChI=1S/C22H27ClN4O2/c1-3-26(4-2)21(16-8-6-5-7-9-16)22(29)25-17-10-11-19(18(23)14-17)27-13-12-24-20(28)15-27/h5-11,14,21H,3-4,12-13,15H2,1-2H3,(H,24,28)(H,25,29). The average molecular weight is 415 g/mol. The second-order valence-corrected chi connectivity index (χ2v) is 7.37. The molecule has 1 heterocycles. The number of anilines is 2. The highest BCUT2D eigenvalue weighted by atomic mass is 35.5. The molecule has 0 aromatic heterocycles. The molecule has 0 aliphatic carbocycles. The lowest BCUT2D eigenvalue weighted by atomic mass is 10.0. The van der Waals surface area contributed by atoms with Crippen molar-refractivity contribution in [3.05, 3.63) is 59.1 Å². The largest absolute Gasteiger partial charge is 0.359 e. The van der Waals surface area contributed by atoms with Gasteiger partial charge < -0.3 is 15.5 Å². The van der Waals surface area contributed by atoms with Gasteiger partial charge in [-0.1, -0.05) is 55.8 Å². The smallest absolute Gasteiger partial charge is 0.246 e. The normalized spacial score (nSPS) is 15.2. The minimum Gasteiger partial charge on any atom is -0.359 e. The van der Waals surface area contributed by atoms with Crippen LogP contribution in [-0.2, 0) is 9.59 Å². The van der Waals surface area contributed by atoms with Crippen molar-refractivity contribution in [2.75, 3.05) is 42.9 Å². The van der Waals surface area contributed by atoms with E-state index in [1.807, 2.05) is 61.2 Å². The monoisotopic (exact) mass is 414 g/mol. The molecule has 2 aromatic rings. The van der Waals surface area contributed by atoms with E-state index in [0.29, 0.717) is 23.8 Å². The SMILES string of the molecule is CCN(CC)C(C(=O)Nc1ccc(N2CCNC(=O)C2)c(Cl)c1)c1ccccc1. The fourth-order valence-corrected chi connectivity index (χ4v) is 3.95. The van der Waals surface area contributed by atoms with Crippen LogP contribution in [0.1, 0.15) is 25.5 Å². The van der Waals surface area contributed by atoms with Crippen LogP contribution in [0.15, 0.2) is 48.5 Å². The number of piperazine rings is 1. The van der Waals surface area contributed by atoms with Gasteiger partial charge in [0.25, 0.3) is 0 Å². The first-order valence-electron chi connectivity index (χ1n) is 9.94. The third-order valence-electron chi connectivity index (χ3n) is 5.14. The summed E-state index contributed by atoms with van der Waals surface area (Å²) in [6, 6.07) is 14.8. The van der Waals surface area contributed by atoms with E-state index in [1.54, 1.807) is 6.07 Å². The van der Waals surface area contributed by atoms with Gasteiger partial charge in [-0.2, -0.15) is 0 Å². The number of carbonyl (C=O) groups excluding carboxylic acids is 2. The minimum atomic E-state index is -0.379. The van der Waals surface area contributed by atoms with E-state index in [-0.39, 0.29) is 24.4 Å². The number of hydrogen-bond donors (Lipinski definition) is 2. The van der Waals surface area contributed by atoms with Crippen LogP contribution in [0, 0.1) is 0 Å². The van der Waals surface area contributed by atoms with Crippen LogP contribution in [0.5, 0.6) is 0 Å². The van der Waals surface area contributed by atoms with Crippen molar-refractivity contribution in [1.29, 1.82) is 0 Å². The van der Waals surface area contributed by atoms with Crippen molar-refractivity contribution in [3.8, 4) is 0 Å². The minimum absolute atomic E-state index is 0.0189. The summed E-state index contributed by atoms with van der Waals surface area (Å²) in [5.41, 5.74) is 2.39. The maximum atomic E-state index is 13.2. The highest BCUT2D eigenvalue weighted by Crippen LogP contribution is 2.30. The van der Waals surface area contributed by atoms with Gasteiger partial charge in [-0.3, -0.25) is 14.5 Å². The van der Waals surface area contributed by atoms with Gasteiger partial charge in [0.1, 0.15) is 6.04 Å². The lowest BCUT2D eigenvalue weighted by Gasteiger charge is -2.30. The summed E-state index contributed by atoms with van der Waals surface area (Å²) >= 11 is 6.47. The molecule has 154 valence electrons. The van der Waals surface area contributed by atoms with Crippen LogP contribution in [0.4, 0.5) is 11.4 Å². The highest BCUT2D eigenvalue weighted by molar-refractivity contribution is 6.33. The van der Waals surface area contributed by atoms with Crippen molar-refractivity contribution in [3.63, 3.8) is 0 Å². The second kappa shape index (κ2) is 9.76. The van der Waals surface area contributed by atoms with Crippen LogP contribution in [-0.4, -0.2) is 49.4 Å². The molecule has 2 aromatic carbocycles. The summed E-state index contributed by atoms with van der Waals surface area (Å²) in [7, 11) is 0. The van der Waals surface area contributed by atoms with E-state index in [9.17, 15) is 9.59 Å². The Labute approximate surface area is 176 Å². The number of halogens is 1. The van der Waals surface area contributed by atoms with Gasteiger partial charge in [0.05, 0.1) is 17.3 Å². The van der Waals surface area contributed by atoms with Crippen LogP contribution in [0.2, 0.25) is 5.02 Å². The third kappa shape index (κ3) is 5.08. The first kappa shape index (κ1) is 21.1. The predicted octanol–water partition coefficient (Wildman–Crippen LogP) is 3.30. The molecular weight excluding hydrogens is 388 g/mol. The van der Waals surface area contributed by atoms with Crippen molar-refractivity contribution in [1.82, 2.24) is 10.2 Å². The molecule has 29 heavy (non-hydrogen) atoms. The molecule has 3 rings (SSSR count). The number of carbonyl (C=O) groups is 2. The van der Waals surface area contributed by atoms with Crippen molar-refractivity contribution < 1.29 is 9.59 Å². The summed E-state index contributed by atoms with van der Waals surface area (Å²) < 4.78 is 0. The van der Waals surface area contributed by atoms with Crippen molar-refractivity contribution in [2.24, 2.45) is 0 Å². The van der Waals surface area contributed by atoms with Gasteiger partial charge >= 0.3 is 0 Å². The number of nitrogens with zero attached hydrogens (tertiary/aromatic N) is 2. The van der Waals surface area contributed by atoms with Gasteiger partial charge in [0.2, 0.25) is 11.8 Å². The molecule has 2 N–H and O–H groups in total. The quantitative estimate of drug-likeness (QED) is 0.729. The number of hydrogen-bond acceptors (Lipinski definition) is 4. The van der Waals surface area contributed by atoms with E-state index in [4.69, 9.17) is 11.6 Å². The van der Waals surface area contributed by atoms with E-state index in [1.165, 1.54) is 0 Å². The average Bonchev–Trinajstić information content (AvgIpc) is 2.72. The molecule has 2 amide bonds. The van der Waals surface area contributed by atoms with Crippen molar-refractivity contribution in [2.45, 2.75) is 19.9 Å². The van der Waals surface area contributed by atoms with E-state index >= 15 is 0 Å². The number of likely N-dealkylation sites (N-methyl/N-ethyl adjacent to an activating group) is 1. The number of benzene rings is 2. The molecule has 0 radical (unpaired) electrons. The summed E-state index contributed by atoms with van der Waals surface area (Å²) in [5.74, 6) is -0.115. The molecule has 1 atom stereocenters. The Morgan fingerprint density at radius 1 is 1.21 bits per heavy atom. The first-order valence-corrected chi connectivity index (χ1v) is 10.3. The Bertz CT molecular complexity index is 855. The maximum Gasteiger partial charge on any atom is 0.246 e. The van der Waals surface area contributed by atoms with E-state index < -0.39 is 0 Å². The topological polar surface area (TPSA) is 64.7 Å². The Morgan fingerprint density at radius 3 is 2.55 bits per heavy atom. The number of rotatable bonds is 7. The Kier molecular flexibility index (Phi) is 7.12. The van der Waals surface area contributed by atoms with Crippen LogP contribution in [0.25, 0.3) is 0 Å². The molecule has 0 bridgehead atoms. The Balaban J connectivity index is 1.79. The summed E-state index contributed by atoms with van der Waals surface area (Å²) in [5, 5.41) is 6.32. The van der Waals surface area contributed by atoms with Gasteiger partial charge in [-0.25, -0.2) is 0 Å². The molecule has 1 aliphatic heterocycles. The zero-order valence-corrected chi connectivity index (χ0v) is 17.6. The lowest BCUT2D eigenvalue weighted by molar-refractivity contribution is -0.121. The zero-order valence-electron chi connectivity index (χ0n) is 16.8. The summed E-state index contributed by atoms with van der Waals surface area (Å²) in [6.45, 7) is 7.20. The zero-order chi connectivity index (χ0) is 20.8. The summed E-state index contributed by atoms with van der Waals surface area (Å²) in [4.78, 5) is 28.9. The van der Waals surface area contributed by atoms with Crippen LogP contribution < -0.4 is 15.5 Å². The third-order valence-corrected chi connectivity index (χ3v) is 5.44. The maximum absolute atomic E-state index is 13.2. The lowest BCUT2D eigenvalue weighted by Crippen LogP contribution is -2.47. The summed E-state index contributed by atoms with van der Waals surface area (Å²) in [6.07, 6.45) is 0. The molecule has 1 unspecified atom stereocenters. The van der Waals surface area contributed by atoms with Gasteiger partial charge in [-0.15, -0.1) is 0 Å². The molecule has 1 saturated heterocycles. The molecule has 6 nitrogen and oxygen atoms in total. The fourth-order valence-electron chi connectivity index (χ4n) is 3.65. The fraction of sp³-hybridized carbons (Fsp3) is 0.364. The van der Waals surface area contributed by atoms with Gasteiger partial charge in [0, 0.05) is 18.8 Å². The Morgan fingerprint density at radius 2 is 1.93 bits per heavy atom. The molecule has 1 aliphatic rings. The predicted molar refractivity (Wildman–Crippen MR) is 117 cm³/mol. The van der Waals surface area contributed by atoms with Gasteiger partial charge in [0.15, 0.2) is 0 Å². The van der Waals surface area contributed by atoms with Gasteiger partial charge in [-0.05, 0) is 36.9 Å². The van der Waals surface area contributed by atoms with Crippen LogP contribution >= 0.6 is 11.6 Å². The Hall–Kier alpha value is -2.57. The molecule has 1 fully saturated rings. The van der Waals surface area contributed by atoms with Crippen LogP contribution in [0.3, 0.4) is 0 Å². The molecule has 0 saturated carbocycles. The first-order chi connectivity index (χ1) is 14.0. The van der Waals surface area contributed by atoms with Crippen molar-refractivity contribution >= 4 is 34.8 Å².